The molecule has 20 heavy (non-hydrogen) atoms. The van der Waals surface area contributed by atoms with Gasteiger partial charge in [0.1, 0.15) is 0 Å². The quantitative estimate of drug-likeness (QED) is 0.664. The van der Waals surface area contributed by atoms with E-state index in [9.17, 15) is 0 Å². The molecule has 0 unspecified atom stereocenters. The third-order valence-corrected chi connectivity index (χ3v) is 4.23. The second-order valence-electron chi connectivity index (χ2n) is 4.79. The molecule has 0 aliphatic carbocycles. The fraction of sp³-hybridized carbons (Fsp3) is 0. The zero-order chi connectivity index (χ0) is 13.8. The SMILES string of the molecule is [SiH3]c1ccccc1N(c1ccccc1)c1ccccc1. The minimum absolute atomic E-state index is 1.03. The molecule has 0 radical (unpaired) electrons. The van der Waals surface area contributed by atoms with Gasteiger partial charge in [0, 0.05) is 27.3 Å². The van der Waals surface area contributed by atoms with E-state index in [1.807, 2.05) is 0 Å². The average molecular weight is 275 g/mol. The van der Waals surface area contributed by atoms with Crippen LogP contribution in [-0.2, 0) is 0 Å². The van der Waals surface area contributed by atoms with Gasteiger partial charge < -0.3 is 4.90 Å². The minimum atomic E-state index is 1.03. The van der Waals surface area contributed by atoms with Gasteiger partial charge in [-0.05, 0) is 35.5 Å². The van der Waals surface area contributed by atoms with Crippen molar-refractivity contribution in [3.8, 4) is 0 Å². The summed E-state index contributed by atoms with van der Waals surface area (Å²) in [4.78, 5) is 2.32. The second-order valence-corrected chi connectivity index (χ2v) is 5.87. The number of hydrogen-bond donors (Lipinski definition) is 0. The highest BCUT2D eigenvalue weighted by atomic mass is 28.1. The minimum Gasteiger partial charge on any atom is -0.311 e. The Morgan fingerprint density at radius 1 is 0.550 bits per heavy atom. The number of nitrogens with zero attached hydrogens (tertiary/aromatic N) is 1. The number of hydrogen-bond acceptors (Lipinski definition) is 1. The Morgan fingerprint density at radius 2 is 1.00 bits per heavy atom. The maximum atomic E-state index is 2.32. The molecule has 0 N–H and O–H groups in total. The Kier molecular flexibility index (Phi) is 3.66. The van der Waals surface area contributed by atoms with Crippen molar-refractivity contribution in [2.24, 2.45) is 0 Å². The zero-order valence-electron chi connectivity index (χ0n) is 11.5. The highest BCUT2D eigenvalue weighted by Gasteiger charge is 2.12. The van der Waals surface area contributed by atoms with E-state index in [1.54, 1.807) is 0 Å². The van der Waals surface area contributed by atoms with Crippen LogP contribution in [-0.4, -0.2) is 10.2 Å². The molecule has 0 spiro atoms. The van der Waals surface area contributed by atoms with Crippen LogP contribution < -0.4 is 10.1 Å². The van der Waals surface area contributed by atoms with Crippen LogP contribution in [0.2, 0.25) is 0 Å². The van der Waals surface area contributed by atoms with Gasteiger partial charge in [-0.1, -0.05) is 54.6 Å². The van der Waals surface area contributed by atoms with Crippen molar-refractivity contribution in [2.75, 3.05) is 4.90 Å². The number of anilines is 3. The van der Waals surface area contributed by atoms with E-state index >= 15 is 0 Å². The molecule has 3 aromatic rings. The molecule has 3 rings (SSSR count). The third-order valence-electron chi connectivity index (χ3n) is 3.39. The predicted octanol–water partition coefficient (Wildman–Crippen LogP) is 3.15. The molecule has 0 aliphatic heterocycles. The standard InChI is InChI=1S/C18H17NSi/c20-18-14-8-7-13-17(18)19(15-9-3-1-4-10-15)16-11-5-2-6-12-16/h1-14H,20H3. The molecule has 2 heteroatoms. The Balaban J connectivity index is 2.17. The summed E-state index contributed by atoms with van der Waals surface area (Å²) >= 11 is 0. The lowest BCUT2D eigenvalue weighted by Crippen LogP contribution is -2.18. The summed E-state index contributed by atoms with van der Waals surface area (Å²) < 4.78 is 0. The molecule has 0 saturated carbocycles. The molecule has 0 amide bonds. The van der Waals surface area contributed by atoms with Gasteiger partial charge in [0.2, 0.25) is 0 Å². The first-order valence-electron chi connectivity index (χ1n) is 6.82. The Labute approximate surface area is 122 Å². The summed E-state index contributed by atoms with van der Waals surface area (Å²) in [5.74, 6) is 0. The number of benzene rings is 3. The molecule has 0 atom stereocenters. The zero-order valence-corrected chi connectivity index (χ0v) is 13.5. The largest absolute Gasteiger partial charge is 0.311 e. The first-order valence-corrected chi connectivity index (χ1v) is 7.82. The topological polar surface area (TPSA) is 3.24 Å². The van der Waals surface area contributed by atoms with Crippen LogP contribution in [0, 0.1) is 0 Å². The van der Waals surface area contributed by atoms with Crippen LogP contribution in [0.4, 0.5) is 17.1 Å². The Bertz CT molecular complexity index is 641. The second kappa shape index (κ2) is 5.76. The third kappa shape index (κ3) is 2.51. The van der Waals surface area contributed by atoms with E-state index < -0.39 is 0 Å². The summed E-state index contributed by atoms with van der Waals surface area (Å²) in [5, 5.41) is 1.40. The van der Waals surface area contributed by atoms with Crippen LogP contribution in [0.25, 0.3) is 0 Å². The van der Waals surface area contributed by atoms with Gasteiger partial charge in [-0.15, -0.1) is 0 Å². The van der Waals surface area contributed by atoms with Crippen molar-refractivity contribution in [1.82, 2.24) is 0 Å². The highest BCUT2D eigenvalue weighted by Crippen LogP contribution is 2.32. The summed E-state index contributed by atoms with van der Waals surface area (Å²) in [6, 6.07) is 29.7. The van der Waals surface area contributed by atoms with Crippen molar-refractivity contribution in [3.05, 3.63) is 84.9 Å². The fourth-order valence-electron chi connectivity index (χ4n) is 2.40. The smallest absolute Gasteiger partial charge is 0.0461 e. The van der Waals surface area contributed by atoms with Gasteiger partial charge in [0.05, 0.1) is 0 Å². The molecule has 0 saturated heterocycles. The lowest BCUT2D eigenvalue weighted by molar-refractivity contribution is 1.29. The summed E-state index contributed by atoms with van der Waals surface area (Å²) in [7, 11) is 1.03. The maximum absolute atomic E-state index is 2.32. The van der Waals surface area contributed by atoms with Gasteiger partial charge >= 0.3 is 0 Å². The molecule has 0 bridgehead atoms. The molecule has 1 nitrogen and oxygen atoms in total. The van der Waals surface area contributed by atoms with Crippen LogP contribution >= 0.6 is 0 Å². The first kappa shape index (κ1) is 12.7. The fourth-order valence-corrected chi connectivity index (χ4v) is 2.98. The average Bonchev–Trinajstić information content (AvgIpc) is 2.52. The molecule has 3 aromatic carbocycles. The molecular formula is C18H17NSi. The van der Waals surface area contributed by atoms with E-state index in [4.69, 9.17) is 0 Å². The van der Waals surface area contributed by atoms with E-state index in [-0.39, 0.29) is 0 Å². The van der Waals surface area contributed by atoms with Crippen molar-refractivity contribution in [1.29, 1.82) is 0 Å². The van der Waals surface area contributed by atoms with E-state index in [1.165, 1.54) is 22.2 Å². The normalized spacial score (nSPS) is 10.4. The van der Waals surface area contributed by atoms with Gasteiger partial charge in [-0.25, -0.2) is 0 Å². The number of para-hydroxylation sites is 3. The van der Waals surface area contributed by atoms with Crippen LogP contribution in [0.15, 0.2) is 84.9 Å². The van der Waals surface area contributed by atoms with Crippen LogP contribution in [0.1, 0.15) is 0 Å². The number of rotatable bonds is 3. The molecular weight excluding hydrogens is 258 g/mol. The predicted molar refractivity (Wildman–Crippen MR) is 90.7 cm³/mol. The van der Waals surface area contributed by atoms with Crippen molar-refractivity contribution in [2.45, 2.75) is 0 Å². The lowest BCUT2D eigenvalue weighted by atomic mass is 10.2. The molecule has 0 heterocycles. The van der Waals surface area contributed by atoms with Gasteiger partial charge in [0.25, 0.3) is 0 Å². The van der Waals surface area contributed by atoms with Gasteiger partial charge in [-0.3, -0.25) is 0 Å². The maximum Gasteiger partial charge on any atom is 0.0461 e. The molecule has 98 valence electrons. The first-order chi connectivity index (χ1) is 9.86. The Morgan fingerprint density at radius 3 is 1.50 bits per heavy atom. The highest BCUT2D eigenvalue weighted by molar-refractivity contribution is 6.36. The van der Waals surface area contributed by atoms with Crippen molar-refractivity contribution >= 4 is 32.5 Å². The monoisotopic (exact) mass is 275 g/mol. The van der Waals surface area contributed by atoms with Gasteiger partial charge in [0.15, 0.2) is 0 Å². The van der Waals surface area contributed by atoms with Crippen molar-refractivity contribution in [3.63, 3.8) is 0 Å². The molecule has 0 aliphatic rings. The van der Waals surface area contributed by atoms with Crippen LogP contribution in [0.5, 0.6) is 0 Å². The lowest BCUT2D eigenvalue weighted by Gasteiger charge is -2.26. The summed E-state index contributed by atoms with van der Waals surface area (Å²) in [6.45, 7) is 0. The summed E-state index contributed by atoms with van der Waals surface area (Å²) in [6.07, 6.45) is 0. The van der Waals surface area contributed by atoms with E-state index in [0.717, 1.165) is 10.2 Å². The molecule has 0 fully saturated rings. The summed E-state index contributed by atoms with van der Waals surface area (Å²) in [5.41, 5.74) is 3.67. The van der Waals surface area contributed by atoms with Crippen molar-refractivity contribution < 1.29 is 0 Å². The van der Waals surface area contributed by atoms with Crippen LogP contribution in [0.3, 0.4) is 0 Å². The van der Waals surface area contributed by atoms with Gasteiger partial charge in [-0.2, -0.15) is 0 Å². The molecule has 0 aromatic heterocycles. The van der Waals surface area contributed by atoms with E-state index in [0.29, 0.717) is 0 Å². The Hall–Kier alpha value is -2.32. The van der Waals surface area contributed by atoms with E-state index in [2.05, 4.69) is 89.8 Å².